The van der Waals surface area contributed by atoms with Gasteiger partial charge in [0.25, 0.3) is 0 Å². The van der Waals surface area contributed by atoms with E-state index in [4.69, 9.17) is 14.0 Å². The Hall–Kier alpha value is -1.25. The Labute approximate surface area is 108 Å². The van der Waals surface area contributed by atoms with Crippen LogP contribution in [0.2, 0.25) is 0 Å². The lowest BCUT2D eigenvalue weighted by Crippen LogP contribution is -2.46. The molecule has 0 saturated carbocycles. The number of alkyl halides is 3. The molecular weight excluding hydrogens is 264 g/mol. The van der Waals surface area contributed by atoms with Crippen molar-refractivity contribution in [2.24, 2.45) is 0 Å². The van der Waals surface area contributed by atoms with Crippen LogP contribution >= 0.6 is 0 Å². The van der Waals surface area contributed by atoms with Crippen LogP contribution in [-0.4, -0.2) is 39.9 Å². The van der Waals surface area contributed by atoms with Gasteiger partial charge in [-0.15, -0.1) is 13.2 Å². The van der Waals surface area contributed by atoms with Crippen molar-refractivity contribution in [2.75, 3.05) is 20.3 Å². The van der Waals surface area contributed by atoms with Crippen LogP contribution in [-0.2, 0) is 14.0 Å². The quantitative estimate of drug-likeness (QED) is 0.781. The van der Waals surface area contributed by atoms with E-state index in [1.165, 1.54) is 24.3 Å². The van der Waals surface area contributed by atoms with Crippen molar-refractivity contribution in [3.63, 3.8) is 0 Å². The van der Waals surface area contributed by atoms with Gasteiger partial charge < -0.3 is 18.8 Å². The summed E-state index contributed by atoms with van der Waals surface area (Å²) in [7, 11) is 0.965. The van der Waals surface area contributed by atoms with E-state index < -0.39 is 13.5 Å². The first-order chi connectivity index (χ1) is 8.98. The van der Waals surface area contributed by atoms with Gasteiger partial charge in [-0.2, -0.15) is 0 Å². The second kappa shape index (κ2) is 5.81. The summed E-state index contributed by atoms with van der Waals surface area (Å²) in [6, 6.07) is 5.38. The van der Waals surface area contributed by atoms with Gasteiger partial charge in [0.1, 0.15) is 11.9 Å². The molecule has 1 aromatic rings. The fourth-order valence-electron chi connectivity index (χ4n) is 1.64. The van der Waals surface area contributed by atoms with Crippen LogP contribution in [0, 0.1) is 0 Å². The molecule has 0 bridgehead atoms. The summed E-state index contributed by atoms with van der Waals surface area (Å²) in [6.45, 7) is 0.754. The van der Waals surface area contributed by atoms with Gasteiger partial charge in [-0.1, -0.05) is 12.1 Å². The van der Waals surface area contributed by atoms with Gasteiger partial charge in [0.2, 0.25) is 0 Å². The van der Waals surface area contributed by atoms with E-state index in [1.807, 2.05) is 0 Å². The first kappa shape index (κ1) is 14.2. The first-order valence-electron chi connectivity index (χ1n) is 5.59. The van der Waals surface area contributed by atoms with Gasteiger partial charge in [0, 0.05) is 7.11 Å². The van der Waals surface area contributed by atoms with Crippen LogP contribution < -0.4 is 10.2 Å². The Balaban J connectivity index is 1.95. The van der Waals surface area contributed by atoms with Crippen LogP contribution in [0.4, 0.5) is 13.2 Å². The zero-order chi connectivity index (χ0) is 13.9. The molecule has 1 saturated heterocycles. The molecule has 0 aromatic heterocycles. The highest BCUT2D eigenvalue weighted by Gasteiger charge is 2.32. The first-order valence-corrected chi connectivity index (χ1v) is 5.59. The van der Waals surface area contributed by atoms with Crippen LogP contribution in [0.3, 0.4) is 0 Å². The van der Waals surface area contributed by atoms with Gasteiger partial charge in [-0.05, 0) is 17.6 Å². The third-order valence-corrected chi connectivity index (χ3v) is 2.59. The zero-order valence-corrected chi connectivity index (χ0v) is 10.1. The molecule has 104 valence electrons. The van der Waals surface area contributed by atoms with Crippen molar-refractivity contribution < 1.29 is 32.0 Å². The van der Waals surface area contributed by atoms with Gasteiger partial charge >= 0.3 is 13.5 Å². The average molecular weight is 276 g/mol. The lowest BCUT2D eigenvalue weighted by molar-refractivity contribution is -0.274. The minimum absolute atomic E-state index is 0.121. The van der Waals surface area contributed by atoms with E-state index >= 15 is 0 Å². The molecule has 1 fully saturated rings. The molecule has 19 heavy (non-hydrogen) atoms. The summed E-state index contributed by atoms with van der Waals surface area (Å²) in [5.41, 5.74) is 0.629. The summed E-state index contributed by atoms with van der Waals surface area (Å²) in [5, 5.41) is 0. The molecule has 1 aliphatic rings. The second-order valence-corrected chi connectivity index (χ2v) is 3.97. The van der Waals surface area contributed by atoms with Gasteiger partial charge in [0.05, 0.1) is 13.2 Å². The van der Waals surface area contributed by atoms with Gasteiger partial charge in [0.15, 0.2) is 0 Å². The molecule has 1 heterocycles. The molecule has 0 amide bonds. The van der Waals surface area contributed by atoms with E-state index in [-0.39, 0.29) is 11.9 Å². The van der Waals surface area contributed by atoms with Crippen molar-refractivity contribution in [3.8, 4) is 5.75 Å². The van der Waals surface area contributed by atoms with Crippen LogP contribution in [0.1, 0.15) is 0 Å². The predicted molar refractivity (Wildman–Crippen MR) is 61.2 cm³/mol. The topological polar surface area (TPSA) is 36.9 Å². The largest absolute Gasteiger partial charge is 0.573 e. The van der Waals surface area contributed by atoms with E-state index in [2.05, 4.69) is 4.74 Å². The Morgan fingerprint density at radius 3 is 2.21 bits per heavy atom. The van der Waals surface area contributed by atoms with Crippen molar-refractivity contribution in [1.82, 2.24) is 0 Å². The maximum atomic E-state index is 12.0. The highest BCUT2D eigenvalue weighted by atomic mass is 19.4. The minimum atomic E-state index is -4.69. The summed E-state index contributed by atoms with van der Waals surface area (Å²) in [5.74, 6) is -0.276. The molecule has 0 N–H and O–H groups in total. The maximum Gasteiger partial charge on any atom is 0.573 e. The smallest absolute Gasteiger partial charge is 0.406 e. The van der Waals surface area contributed by atoms with Crippen LogP contribution in [0.5, 0.6) is 5.75 Å². The third-order valence-electron chi connectivity index (χ3n) is 2.59. The minimum Gasteiger partial charge on any atom is -0.406 e. The molecule has 0 radical (unpaired) electrons. The predicted octanol–water partition coefficient (Wildman–Crippen LogP) is 1.34. The van der Waals surface area contributed by atoms with Crippen molar-refractivity contribution in [2.45, 2.75) is 12.5 Å². The SMILES string of the molecule is COC1COB(c2ccc(OC(F)(F)F)cc2)OC1. The standard InChI is InChI=1S/C11H12BF3O4/c1-16-10-6-17-12(18-7-10)8-2-4-9(5-3-8)19-11(13,14)15/h2-5,10H,6-7H2,1H3. The molecule has 2 rings (SSSR count). The Bertz CT molecular complexity index is 401. The van der Waals surface area contributed by atoms with Crippen molar-refractivity contribution in [1.29, 1.82) is 0 Å². The molecule has 0 unspecified atom stereocenters. The fourth-order valence-corrected chi connectivity index (χ4v) is 1.64. The Morgan fingerprint density at radius 2 is 1.74 bits per heavy atom. The molecule has 0 aliphatic carbocycles. The van der Waals surface area contributed by atoms with Crippen molar-refractivity contribution in [3.05, 3.63) is 24.3 Å². The van der Waals surface area contributed by atoms with E-state index in [9.17, 15) is 13.2 Å². The van der Waals surface area contributed by atoms with E-state index in [1.54, 1.807) is 7.11 Å². The summed E-state index contributed by atoms with van der Waals surface area (Å²) >= 11 is 0. The number of methoxy groups -OCH3 is 1. The summed E-state index contributed by atoms with van der Waals surface area (Å²) < 4.78 is 55.6. The van der Waals surface area contributed by atoms with Crippen molar-refractivity contribution >= 4 is 12.6 Å². The number of benzene rings is 1. The highest BCUT2D eigenvalue weighted by molar-refractivity contribution is 6.61. The van der Waals surface area contributed by atoms with Crippen LogP contribution in [0.25, 0.3) is 0 Å². The molecule has 0 spiro atoms. The molecule has 4 nitrogen and oxygen atoms in total. The molecule has 8 heteroatoms. The highest BCUT2D eigenvalue weighted by Crippen LogP contribution is 2.21. The normalized spacial score (nSPS) is 17.6. The van der Waals surface area contributed by atoms with Gasteiger partial charge in [-0.3, -0.25) is 0 Å². The van der Waals surface area contributed by atoms with Crippen LogP contribution in [0.15, 0.2) is 24.3 Å². The molecule has 0 atom stereocenters. The second-order valence-electron chi connectivity index (χ2n) is 3.97. The maximum absolute atomic E-state index is 12.0. The zero-order valence-electron chi connectivity index (χ0n) is 10.1. The van der Waals surface area contributed by atoms with E-state index in [0.29, 0.717) is 18.7 Å². The lowest BCUT2D eigenvalue weighted by Gasteiger charge is -2.26. The number of rotatable bonds is 3. The fraction of sp³-hybridized carbons (Fsp3) is 0.455. The lowest BCUT2D eigenvalue weighted by atomic mass is 9.78. The van der Waals surface area contributed by atoms with Gasteiger partial charge in [-0.25, -0.2) is 0 Å². The molecule has 1 aromatic carbocycles. The molecular formula is C11H12BF3O4. The summed E-state index contributed by atoms with van der Waals surface area (Å²) in [6.07, 6.45) is -4.81. The molecule has 1 aliphatic heterocycles. The number of ether oxygens (including phenoxy) is 2. The monoisotopic (exact) mass is 276 g/mol. The number of hydrogen-bond donors (Lipinski definition) is 0. The Morgan fingerprint density at radius 1 is 1.16 bits per heavy atom. The number of halogens is 3. The van der Waals surface area contributed by atoms with E-state index in [0.717, 1.165) is 0 Å². The number of hydrogen-bond acceptors (Lipinski definition) is 4. The third kappa shape index (κ3) is 4.12. The Kier molecular flexibility index (Phi) is 4.33. The average Bonchev–Trinajstić information content (AvgIpc) is 2.38. The summed E-state index contributed by atoms with van der Waals surface area (Å²) in [4.78, 5) is 0.